The SMILES string of the molecule is COc1cc(C2c3c(oc4ccc(C)cc4c3=O)C(=O)N2c2ccc(C(C)=O)cc2)cc(Br)c1O. The summed E-state index contributed by atoms with van der Waals surface area (Å²) >= 11 is 3.34. The lowest BCUT2D eigenvalue weighted by atomic mass is 9.97. The van der Waals surface area contributed by atoms with E-state index in [4.69, 9.17) is 9.15 Å². The number of Topliss-reactive ketones (excluding diaryl/α,β-unsaturated/α-hetero) is 1. The molecule has 1 unspecified atom stereocenters. The molecule has 0 bridgehead atoms. The summed E-state index contributed by atoms with van der Waals surface area (Å²) in [5.41, 5.74) is 2.62. The number of phenols is 1. The van der Waals surface area contributed by atoms with E-state index in [1.54, 1.807) is 48.5 Å². The average molecular weight is 534 g/mol. The van der Waals surface area contributed by atoms with Crippen molar-refractivity contribution in [3.63, 3.8) is 0 Å². The highest BCUT2D eigenvalue weighted by Gasteiger charge is 2.44. The first kappa shape index (κ1) is 22.9. The third-order valence-corrected chi connectivity index (χ3v) is 6.77. The molecule has 1 amide bonds. The number of ketones is 1. The number of hydrogen-bond acceptors (Lipinski definition) is 6. The highest BCUT2D eigenvalue weighted by atomic mass is 79.9. The Balaban J connectivity index is 1.81. The van der Waals surface area contributed by atoms with Crippen LogP contribution in [-0.4, -0.2) is 23.9 Å². The summed E-state index contributed by atoms with van der Waals surface area (Å²) in [6.07, 6.45) is 0. The van der Waals surface area contributed by atoms with Gasteiger partial charge in [-0.3, -0.25) is 19.3 Å². The predicted molar refractivity (Wildman–Crippen MR) is 135 cm³/mol. The maximum absolute atomic E-state index is 13.8. The number of amides is 1. The molecule has 1 aromatic heterocycles. The van der Waals surface area contributed by atoms with E-state index in [9.17, 15) is 19.5 Å². The summed E-state index contributed by atoms with van der Waals surface area (Å²) in [6.45, 7) is 3.34. The van der Waals surface area contributed by atoms with Crippen molar-refractivity contribution in [2.24, 2.45) is 0 Å². The molecule has 176 valence electrons. The fourth-order valence-electron chi connectivity index (χ4n) is 4.43. The Bertz CT molecular complexity index is 1590. The molecule has 2 heterocycles. The molecule has 0 radical (unpaired) electrons. The highest BCUT2D eigenvalue weighted by molar-refractivity contribution is 9.10. The molecule has 0 aliphatic carbocycles. The first-order valence-electron chi connectivity index (χ1n) is 10.8. The van der Waals surface area contributed by atoms with Gasteiger partial charge in [-0.1, -0.05) is 11.6 Å². The molecule has 0 saturated carbocycles. The number of aromatic hydroxyl groups is 1. The lowest BCUT2D eigenvalue weighted by molar-refractivity contribution is 0.0970. The summed E-state index contributed by atoms with van der Waals surface area (Å²) in [7, 11) is 1.42. The molecule has 0 spiro atoms. The van der Waals surface area contributed by atoms with Gasteiger partial charge in [0.2, 0.25) is 5.76 Å². The number of fused-ring (bicyclic) bond motifs is 2. The quantitative estimate of drug-likeness (QED) is 0.346. The van der Waals surface area contributed by atoms with E-state index in [1.165, 1.54) is 18.9 Å². The van der Waals surface area contributed by atoms with Gasteiger partial charge in [0.1, 0.15) is 5.58 Å². The van der Waals surface area contributed by atoms with Crippen molar-refractivity contribution in [2.75, 3.05) is 12.0 Å². The number of benzene rings is 3. The summed E-state index contributed by atoms with van der Waals surface area (Å²) < 4.78 is 11.7. The van der Waals surface area contributed by atoms with Crippen LogP contribution >= 0.6 is 15.9 Å². The molecule has 35 heavy (non-hydrogen) atoms. The minimum absolute atomic E-state index is 0.0461. The number of methoxy groups -OCH3 is 1. The zero-order valence-electron chi connectivity index (χ0n) is 19.1. The van der Waals surface area contributed by atoms with Gasteiger partial charge < -0.3 is 14.3 Å². The second-order valence-corrected chi connectivity index (χ2v) is 9.26. The Morgan fingerprint density at radius 3 is 2.46 bits per heavy atom. The molecule has 8 heteroatoms. The fraction of sp³-hybridized carbons (Fsp3) is 0.148. The normalized spacial score (nSPS) is 14.9. The van der Waals surface area contributed by atoms with Crippen molar-refractivity contribution in [1.82, 2.24) is 0 Å². The lowest BCUT2D eigenvalue weighted by Crippen LogP contribution is -2.29. The monoisotopic (exact) mass is 533 g/mol. The van der Waals surface area contributed by atoms with Crippen molar-refractivity contribution in [3.05, 3.63) is 97.3 Å². The number of phenolic OH excluding ortho intramolecular Hbond substituents is 1. The van der Waals surface area contributed by atoms with Gasteiger partial charge in [-0.2, -0.15) is 0 Å². The summed E-state index contributed by atoms with van der Waals surface area (Å²) in [5, 5.41) is 10.7. The Labute approximate surface area is 208 Å². The van der Waals surface area contributed by atoms with E-state index in [2.05, 4.69) is 15.9 Å². The fourth-order valence-corrected chi connectivity index (χ4v) is 4.89. The Hall–Kier alpha value is -3.91. The molecule has 3 aromatic carbocycles. The Morgan fingerprint density at radius 1 is 1.09 bits per heavy atom. The van der Waals surface area contributed by atoms with Crippen LogP contribution < -0.4 is 15.1 Å². The zero-order chi connectivity index (χ0) is 25.0. The van der Waals surface area contributed by atoms with Gasteiger partial charge in [-0.05, 0) is 83.9 Å². The summed E-state index contributed by atoms with van der Waals surface area (Å²) in [4.78, 5) is 40.7. The number of carbonyl (C=O) groups is 2. The molecule has 1 aliphatic rings. The van der Waals surface area contributed by atoms with E-state index in [1.807, 2.05) is 13.0 Å². The predicted octanol–water partition coefficient (Wildman–Crippen LogP) is 5.53. The number of halogens is 1. The molecule has 0 fully saturated rings. The van der Waals surface area contributed by atoms with Gasteiger partial charge in [0.25, 0.3) is 5.91 Å². The third-order valence-electron chi connectivity index (χ3n) is 6.16. The highest BCUT2D eigenvalue weighted by Crippen LogP contribution is 2.45. The topological polar surface area (TPSA) is 97.0 Å². The van der Waals surface area contributed by atoms with E-state index < -0.39 is 11.9 Å². The van der Waals surface area contributed by atoms with E-state index in [-0.39, 0.29) is 34.0 Å². The number of hydrogen-bond donors (Lipinski definition) is 1. The largest absolute Gasteiger partial charge is 0.503 e. The van der Waals surface area contributed by atoms with Gasteiger partial charge in [-0.15, -0.1) is 0 Å². The maximum Gasteiger partial charge on any atom is 0.295 e. The van der Waals surface area contributed by atoms with Crippen molar-refractivity contribution in [3.8, 4) is 11.5 Å². The zero-order valence-corrected chi connectivity index (χ0v) is 20.7. The van der Waals surface area contributed by atoms with Crippen LogP contribution in [-0.2, 0) is 0 Å². The van der Waals surface area contributed by atoms with Crippen molar-refractivity contribution in [2.45, 2.75) is 19.9 Å². The van der Waals surface area contributed by atoms with Crippen LogP contribution in [0.5, 0.6) is 11.5 Å². The third kappa shape index (κ3) is 3.61. The summed E-state index contributed by atoms with van der Waals surface area (Å²) in [5.74, 6) is -0.546. The second kappa shape index (κ2) is 8.39. The lowest BCUT2D eigenvalue weighted by Gasteiger charge is -2.26. The molecule has 7 nitrogen and oxygen atoms in total. The number of aryl methyl sites for hydroxylation is 1. The smallest absolute Gasteiger partial charge is 0.295 e. The molecule has 0 saturated heterocycles. The Morgan fingerprint density at radius 2 is 1.80 bits per heavy atom. The number of ether oxygens (including phenoxy) is 1. The van der Waals surface area contributed by atoms with E-state index in [0.717, 1.165) is 5.56 Å². The molecular weight excluding hydrogens is 514 g/mol. The van der Waals surface area contributed by atoms with Crippen LogP contribution in [0.15, 0.2) is 68.3 Å². The van der Waals surface area contributed by atoms with E-state index in [0.29, 0.717) is 32.3 Å². The first-order valence-corrected chi connectivity index (χ1v) is 11.6. The first-order chi connectivity index (χ1) is 16.7. The van der Waals surface area contributed by atoms with Crippen LogP contribution in [0.3, 0.4) is 0 Å². The number of rotatable bonds is 4. The van der Waals surface area contributed by atoms with Gasteiger partial charge in [0.05, 0.1) is 28.6 Å². The minimum Gasteiger partial charge on any atom is -0.503 e. The minimum atomic E-state index is -0.854. The van der Waals surface area contributed by atoms with Crippen molar-refractivity contribution in [1.29, 1.82) is 0 Å². The molecule has 5 rings (SSSR count). The Kier molecular flexibility index (Phi) is 5.48. The summed E-state index contributed by atoms with van der Waals surface area (Å²) in [6, 6.07) is 14.2. The molecule has 4 aromatic rings. The van der Waals surface area contributed by atoms with Crippen LogP contribution in [0.4, 0.5) is 5.69 Å². The van der Waals surface area contributed by atoms with Crippen LogP contribution in [0.2, 0.25) is 0 Å². The standard InChI is InChI=1S/C27H20BrNO6/c1-13-4-9-20-18(10-13)24(31)22-23(16-11-19(28)25(32)21(12-16)34-3)29(27(33)26(22)35-20)17-7-5-15(6-8-17)14(2)30/h4-12,23,32H,1-3H3. The molecule has 1 aliphatic heterocycles. The van der Waals surface area contributed by atoms with Gasteiger partial charge in [0, 0.05) is 11.3 Å². The number of nitrogens with zero attached hydrogens (tertiary/aromatic N) is 1. The van der Waals surface area contributed by atoms with Crippen LogP contribution in [0.25, 0.3) is 11.0 Å². The van der Waals surface area contributed by atoms with Crippen molar-refractivity contribution < 1.29 is 23.8 Å². The average Bonchev–Trinajstić information content (AvgIpc) is 3.13. The van der Waals surface area contributed by atoms with E-state index >= 15 is 0 Å². The van der Waals surface area contributed by atoms with Gasteiger partial charge >= 0.3 is 0 Å². The van der Waals surface area contributed by atoms with Gasteiger partial charge in [-0.25, -0.2) is 0 Å². The number of anilines is 1. The second-order valence-electron chi connectivity index (χ2n) is 8.41. The molecule has 1 atom stereocenters. The van der Waals surface area contributed by atoms with Gasteiger partial charge in [0.15, 0.2) is 22.7 Å². The van der Waals surface area contributed by atoms with Crippen LogP contribution in [0.1, 0.15) is 50.6 Å². The number of carbonyl (C=O) groups excluding carboxylic acids is 2. The maximum atomic E-state index is 13.8. The van der Waals surface area contributed by atoms with Crippen molar-refractivity contribution >= 4 is 44.3 Å². The molecular formula is C27H20BrNO6. The van der Waals surface area contributed by atoms with Crippen LogP contribution in [0, 0.1) is 6.92 Å². The molecule has 1 N–H and O–H groups in total.